The summed E-state index contributed by atoms with van der Waals surface area (Å²) in [7, 11) is 0. The summed E-state index contributed by atoms with van der Waals surface area (Å²) >= 11 is 0. The molecule has 1 amide bonds. The Balaban J connectivity index is 3.04. The zero-order valence-electron chi connectivity index (χ0n) is 13.7. The summed E-state index contributed by atoms with van der Waals surface area (Å²) in [6.07, 6.45) is 4.81. The largest absolute Gasteiger partial charge is 0.477 e. The van der Waals surface area contributed by atoms with Crippen LogP contribution in [0, 0.1) is 0 Å². The van der Waals surface area contributed by atoms with Gasteiger partial charge in [-0.1, -0.05) is 0 Å². The molecule has 0 radical (unpaired) electrons. The number of hydrogen-bond donors (Lipinski definition) is 1. The number of nitrogens with zero attached hydrogens (tertiary/aromatic N) is 2. The lowest BCUT2D eigenvalue weighted by molar-refractivity contribution is -0.120. The lowest BCUT2D eigenvalue weighted by Gasteiger charge is -2.21. The molecule has 22 heavy (non-hydrogen) atoms. The molecule has 0 aromatic carbocycles. The number of nitrogens with one attached hydrogen (secondary N) is 1. The molecule has 1 aromatic rings. The van der Waals surface area contributed by atoms with Crippen LogP contribution in [-0.2, 0) is 9.53 Å². The van der Waals surface area contributed by atoms with Crippen LogP contribution in [0.3, 0.4) is 0 Å². The van der Waals surface area contributed by atoms with E-state index in [1.807, 2.05) is 20.8 Å². The number of carbonyl (C=O) groups is 2. The van der Waals surface area contributed by atoms with Crippen LogP contribution in [0.5, 0.6) is 5.88 Å². The zero-order chi connectivity index (χ0) is 16.8. The molecule has 1 rings (SSSR count). The van der Waals surface area contributed by atoms with E-state index in [-0.39, 0.29) is 18.1 Å². The van der Waals surface area contributed by atoms with Crippen LogP contribution in [0.4, 0.5) is 0 Å². The van der Waals surface area contributed by atoms with Crippen LogP contribution < -0.4 is 10.1 Å². The number of carbonyl (C=O) groups excluding carboxylic acids is 2. The number of amides is 1. The predicted octanol–water partition coefficient (Wildman–Crippen LogP) is 1.84. The lowest BCUT2D eigenvalue weighted by atomic mass is 10.1. The minimum absolute atomic E-state index is 0.132. The van der Waals surface area contributed by atoms with Gasteiger partial charge in [0.1, 0.15) is 5.56 Å². The van der Waals surface area contributed by atoms with Gasteiger partial charge < -0.3 is 14.8 Å². The van der Waals surface area contributed by atoms with E-state index in [0.29, 0.717) is 12.5 Å². The van der Waals surface area contributed by atoms with E-state index in [0.717, 1.165) is 0 Å². The minimum atomic E-state index is -0.550. The summed E-state index contributed by atoms with van der Waals surface area (Å²) in [5, 5.41) is 6.90. The molecule has 1 aromatic heterocycles. The van der Waals surface area contributed by atoms with E-state index < -0.39 is 11.5 Å². The van der Waals surface area contributed by atoms with E-state index in [2.05, 4.69) is 10.4 Å². The van der Waals surface area contributed by atoms with Gasteiger partial charge in [-0.05, 0) is 33.8 Å². The molecule has 0 aliphatic heterocycles. The Hall–Kier alpha value is -2.31. The lowest BCUT2D eigenvalue weighted by Crippen LogP contribution is -2.40. The number of ether oxygens (including phenoxy) is 2. The van der Waals surface area contributed by atoms with Crippen molar-refractivity contribution in [2.45, 2.75) is 40.2 Å². The molecular weight excluding hydrogens is 286 g/mol. The number of aromatic nitrogens is 2. The van der Waals surface area contributed by atoms with Gasteiger partial charge in [-0.2, -0.15) is 5.10 Å². The fraction of sp³-hybridized carbons (Fsp3) is 0.533. The highest BCUT2D eigenvalue weighted by Crippen LogP contribution is 2.20. The van der Waals surface area contributed by atoms with E-state index >= 15 is 0 Å². The second-order valence-electron chi connectivity index (χ2n) is 5.18. The van der Waals surface area contributed by atoms with Crippen LogP contribution in [-0.4, -0.2) is 40.4 Å². The van der Waals surface area contributed by atoms with Crippen LogP contribution in [0.1, 0.15) is 45.0 Å². The highest BCUT2D eigenvalue weighted by atomic mass is 16.5. The molecule has 1 heterocycles. The molecule has 0 aliphatic carbocycles. The van der Waals surface area contributed by atoms with Gasteiger partial charge in [0.25, 0.3) is 0 Å². The Kier molecular flexibility index (Phi) is 6.15. The molecule has 0 saturated carbocycles. The van der Waals surface area contributed by atoms with Crippen LogP contribution >= 0.6 is 0 Å². The van der Waals surface area contributed by atoms with Gasteiger partial charge in [0, 0.05) is 13.1 Å². The maximum Gasteiger partial charge on any atom is 0.345 e. The molecule has 0 fully saturated rings. The normalized spacial score (nSPS) is 11.5. The number of esters is 1. The van der Waals surface area contributed by atoms with Gasteiger partial charge in [0.2, 0.25) is 11.8 Å². The third-order valence-electron chi connectivity index (χ3n) is 2.66. The summed E-state index contributed by atoms with van der Waals surface area (Å²) < 4.78 is 11.9. The molecule has 7 nitrogen and oxygen atoms in total. The first-order valence-corrected chi connectivity index (χ1v) is 7.16. The van der Waals surface area contributed by atoms with E-state index in [9.17, 15) is 9.59 Å². The molecule has 1 N–H and O–H groups in total. The smallest absolute Gasteiger partial charge is 0.345 e. The van der Waals surface area contributed by atoms with E-state index in [1.165, 1.54) is 17.8 Å². The molecule has 0 saturated heterocycles. The summed E-state index contributed by atoms with van der Waals surface area (Å²) in [5.74, 6) is -0.296. The van der Waals surface area contributed by atoms with Crippen LogP contribution in [0.15, 0.2) is 12.3 Å². The Labute approximate surface area is 130 Å². The Morgan fingerprint density at radius 3 is 2.59 bits per heavy atom. The van der Waals surface area contributed by atoms with Crippen molar-refractivity contribution in [1.82, 2.24) is 15.1 Å². The van der Waals surface area contributed by atoms with Crippen LogP contribution in [0.25, 0.3) is 6.20 Å². The fourth-order valence-corrected chi connectivity index (χ4v) is 1.84. The maximum atomic E-state index is 11.9. The molecule has 7 heteroatoms. The van der Waals surface area contributed by atoms with Crippen molar-refractivity contribution in [3.8, 4) is 5.88 Å². The first-order valence-electron chi connectivity index (χ1n) is 7.16. The van der Waals surface area contributed by atoms with Gasteiger partial charge in [-0.15, -0.1) is 0 Å². The molecule has 122 valence electrons. The number of rotatable bonds is 7. The third kappa shape index (κ3) is 4.91. The van der Waals surface area contributed by atoms with Gasteiger partial charge in [0.15, 0.2) is 0 Å². The van der Waals surface area contributed by atoms with Crippen molar-refractivity contribution in [3.63, 3.8) is 0 Å². The summed E-state index contributed by atoms with van der Waals surface area (Å²) in [5.41, 5.74) is -0.281. The minimum Gasteiger partial charge on any atom is -0.477 e. The monoisotopic (exact) mass is 309 g/mol. The summed E-state index contributed by atoms with van der Waals surface area (Å²) in [4.78, 5) is 23.0. The molecule has 0 aliphatic rings. The van der Waals surface area contributed by atoms with Gasteiger partial charge in [-0.25, -0.2) is 9.48 Å². The molecule has 0 atom stereocenters. The summed E-state index contributed by atoms with van der Waals surface area (Å²) in [6, 6.07) is 0. The van der Waals surface area contributed by atoms with E-state index in [4.69, 9.17) is 9.47 Å². The molecular formula is C15H23N3O4. The molecule has 0 unspecified atom stereocenters. The Morgan fingerprint density at radius 2 is 2.05 bits per heavy atom. The second-order valence-corrected chi connectivity index (χ2v) is 5.18. The molecule has 0 spiro atoms. The maximum absolute atomic E-state index is 11.9. The van der Waals surface area contributed by atoms with Crippen molar-refractivity contribution in [1.29, 1.82) is 0 Å². The number of hydrogen-bond acceptors (Lipinski definition) is 5. The van der Waals surface area contributed by atoms with Crippen molar-refractivity contribution in [2.24, 2.45) is 0 Å². The summed E-state index contributed by atoms with van der Waals surface area (Å²) in [6.45, 7) is 9.37. The SMILES string of the molecule is CCOC(=O)c1cnn(/C=C/C(C)(C)NC(C)=O)c1OCC. The van der Waals surface area contributed by atoms with Crippen molar-refractivity contribution in [2.75, 3.05) is 13.2 Å². The van der Waals surface area contributed by atoms with Crippen molar-refractivity contribution >= 4 is 18.1 Å². The highest BCUT2D eigenvalue weighted by molar-refractivity contribution is 5.92. The fourth-order valence-electron chi connectivity index (χ4n) is 1.84. The first-order chi connectivity index (χ1) is 10.3. The average Bonchev–Trinajstić information content (AvgIpc) is 2.79. The molecule has 0 bridgehead atoms. The van der Waals surface area contributed by atoms with Crippen LogP contribution in [0.2, 0.25) is 0 Å². The first kappa shape index (κ1) is 17.7. The van der Waals surface area contributed by atoms with Gasteiger partial charge in [0.05, 0.1) is 24.9 Å². The third-order valence-corrected chi connectivity index (χ3v) is 2.66. The second kappa shape index (κ2) is 7.63. The van der Waals surface area contributed by atoms with E-state index in [1.54, 1.807) is 19.2 Å². The highest BCUT2D eigenvalue weighted by Gasteiger charge is 2.20. The zero-order valence-corrected chi connectivity index (χ0v) is 13.7. The predicted molar refractivity (Wildman–Crippen MR) is 82.6 cm³/mol. The standard InChI is InChI=1S/C15H23N3O4/c1-6-21-13-12(14(20)22-7-2)10-16-18(13)9-8-15(4,5)17-11(3)19/h8-10H,6-7H2,1-5H3,(H,17,19)/b9-8+. The topological polar surface area (TPSA) is 82.5 Å². The Morgan fingerprint density at radius 1 is 1.36 bits per heavy atom. The average molecular weight is 309 g/mol. The van der Waals surface area contributed by atoms with Crippen molar-refractivity contribution < 1.29 is 19.1 Å². The quantitative estimate of drug-likeness (QED) is 0.777. The Bertz CT molecular complexity index is 561. The van der Waals surface area contributed by atoms with Gasteiger partial charge >= 0.3 is 5.97 Å². The van der Waals surface area contributed by atoms with Gasteiger partial charge in [-0.3, -0.25) is 4.79 Å². The van der Waals surface area contributed by atoms with Crippen molar-refractivity contribution in [3.05, 3.63) is 17.8 Å².